The fourth-order valence-corrected chi connectivity index (χ4v) is 1.09. The van der Waals surface area contributed by atoms with Crippen molar-refractivity contribution in [1.29, 1.82) is 0 Å². The molecule has 4 heteroatoms. The lowest BCUT2D eigenvalue weighted by atomic mass is 10.0. The second kappa shape index (κ2) is 3.64. The number of aliphatic hydroxyl groups excluding tert-OH is 1. The first kappa shape index (κ1) is 9.83. The summed E-state index contributed by atoms with van der Waals surface area (Å²) >= 11 is 0. The molecule has 1 atom stereocenters. The van der Waals surface area contributed by atoms with Gasteiger partial charge in [0.15, 0.2) is 0 Å². The number of phenols is 2. The van der Waals surface area contributed by atoms with Crippen LogP contribution < -0.4 is 5.73 Å². The summed E-state index contributed by atoms with van der Waals surface area (Å²) in [6, 6.07) is 2.12. The second-order valence-electron chi connectivity index (χ2n) is 2.99. The molecule has 1 rings (SSSR count). The largest absolute Gasteiger partial charge is 0.508 e. The van der Waals surface area contributed by atoms with Crippen LogP contribution in [0.1, 0.15) is 17.2 Å². The minimum absolute atomic E-state index is 0.00292. The molecule has 0 bridgehead atoms. The highest BCUT2D eigenvalue weighted by Gasteiger charge is 2.12. The molecule has 0 fully saturated rings. The fourth-order valence-electron chi connectivity index (χ4n) is 1.09. The van der Waals surface area contributed by atoms with Crippen LogP contribution in [0.2, 0.25) is 0 Å². The van der Waals surface area contributed by atoms with E-state index in [0.29, 0.717) is 11.1 Å². The maximum atomic E-state index is 9.42. The van der Waals surface area contributed by atoms with Crippen LogP contribution in [-0.2, 0) is 0 Å². The topological polar surface area (TPSA) is 86.7 Å². The molecule has 72 valence electrons. The third-order valence-electron chi connectivity index (χ3n) is 1.94. The molecule has 1 aromatic carbocycles. The van der Waals surface area contributed by atoms with E-state index < -0.39 is 6.04 Å². The van der Waals surface area contributed by atoms with Crippen LogP contribution in [0.5, 0.6) is 11.5 Å². The van der Waals surface area contributed by atoms with E-state index in [9.17, 15) is 10.2 Å². The second-order valence-corrected chi connectivity index (χ2v) is 2.99. The van der Waals surface area contributed by atoms with Crippen molar-refractivity contribution in [3.05, 3.63) is 23.3 Å². The van der Waals surface area contributed by atoms with Crippen molar-refractivity contribution in [3.63, 3.8) is 0 Å². The summed E-state index contributed by atoms with van der Waals surface area (Å²) in [5.41, 5.74) is 6.42. The maximum absolute atomic E-state index is 9.42. The Bertz CT molecular complexity index is 312. The Labute approximate surface area is 76.2 Å². The molecule has 0 aliphatic heterocycles. The molecule has 13 heavy (non-hydrogen) atoms. The first-order valence-corrected chi connectivity index (χ1v) is 3.95. The number of aromatic hydroxyl groups is 2. The molecule has 0 aliphatic carbocycles. The standard InChI is InChI=1S/C9H13NO3/c1-5-2-9(13)6(3-8(5)12)7(10)4-11/h2-3,7,11-13H,4,10H2,1H3. The quantitative estimate of drug-likeness (QED) is 0.500. The SMILES string of the molecule is Cc1cc(O)c(C(N)CO)cc1O. The zero-order valence-electron chi connectivity index (χ0n) is 7.36. The van der Waals surface area contributed by atoms with Gasteiger partial charge < -0.3 is 21.1 Å². The van der Waals surface area contributed by atoms with E-state index in [1.807, 2.05) is 0 Å². The Hall–Kier alpha value is -1.26. The van der Waals surface area contributed by atoms with Crippen LogP contribution in [0, 0.1) is 6.92 Å². The molecule has 1 unspecified atom stereocenters. The van der Waals surface area contributed by atoms with Crippen LogP contribution >= 0.6 is 0 Å². The maximum Gasteiger partial charge on any atom is 0.120 e. The Balaban J connectivity index is 3.15. The van der Waals surface area contributed by atoms with Crippen molar-refractivity contribution in [3.8, 4) is 11.5 Å². The number of benzene rings is 1. The van der Waals surface area contributed by atoms with Gasteiger partial charge in [0.2, 0.25) is 0 Å². The van der Waals surface area contributed by atoms with Gasteiger partial charge >= 0.3 is 0 Å². The average molecular weight is 183 g/mol. The molecule has 0 spiro atoms. The lowest BCUT2D eigenvalue weighted by Gasteiger charge is -2.12. The normalized spacial score (nSPS) is 12.8. The van der Waals surface area contributed by atoms with E-state index in [-0.39, 0.29) is 18.1 Å². The number of hydrogen-bond acceptors (Lipinski definition) is 4. The van der Waals surface area contributed by atoms with Crippen molar-refractivity contribution in [2.24, 2.45) is 5.73 Å². The Kier molecular flexibility index (Phi) is 2.75. The van der Waals surface area contributed by atoms with Crippen molar-refractivity contribution < 1.29 is 15.3 Å². The van der Waals surface area contributed by atoms with Crippen molar-refractivity contribution in [2.75, 3.05) is 6.61 Å². The van der Waals surface area contributed by atoms with Crippen LogP contribution in [0.15, 0.2) is 12.1 Å². The van der Waals surface area contributed by atoms with E-state index in [0.717, 1.165) is 0 Å². The number of hydrogen-bond donors (Lipinski definition) is 4. The zero-order valence-corrected chi connectivity index (χ0v) is 7.36. The minimum atomic E-state index is -0.661. The van der Waals surface area contributed by atoms with Gasteiger partial charge in [0.05, 0.1) is 12.6 Å². The first-order chi connectivity index (χ1) is 6.06. The van der Waals surface area contributed by atoms with Gasteiger partial charge in [-0.2, -0.15) is 0 Å². The van der Waals surface area contributed by atoms with Gasteiger partial charge in [-0.05, 0) is 24.6 Å². The lowest BCUT2D eigenvalue weighted by Crippen LogP contribution is -2.14. The summed E-state index contributed by atoms with van der Waals surface area (Å²) in [6.07, 6.45) is 0. The first-order valence-electron chi connectivity index (χ1n) is 3.95. The Morgan fingerprint density at radius 1 is 1.31 bits per heavy atom. The third-order valence-corrected chi connectivity index (χ3v) is 1.94. The summed E-state index contributed by atoms with van der Waals surface area (Å²) in [5, 5.41) is 27.5. The molecule has 0 saturated carbocycles. The number of nitrogens with two attached hydrogens (primary N) is 1. The van der Waals surface area contributed by atoms with Gasteiger partial charge in [0.1, 0.15) is 11.5 Å². The van der Waals surface area contributed by atoms with E-state index in [4.69, 9.17) is 10.8 Å². The molecule has 1 aromatic rings. The Morgan fingerprint density at radius 3 is 2.46 bits per heavy atom. The molecule has 5 N–H and O–H groups in total. The Morgan fingerprint density at radius 2 is 1.92 bits per heavy atom. The zero-order chi connectivity index (χ0) is 10.0. The highest BCUT2D eigenvalue weighted by atomic mass is 16.3. The van der Waals surface area contributed by atoms with Gasteiger partial charge in [0, 0.05) is 5.56 Å². The predicted molar refractivity (Wildman–Crippen MR) is 48.5 cm³/mol. The fraction of sp³-hybridized carbons (Fsp3) is 0.333. The molecule has 0 aromatic heterocycles. The van der Waals surface area contributed by atoms with Crippen molar-refractivity contribution in [1.82, 2.24) is 0 Å². The van der Waals surface area contributed by atoms with E-state index in [2.05, 4.69) is 0 Å². The van der Waals surface area contributed by atoms with Gasteiger partial charge in [-0.1, -0.05) is 0 Å². The lowest BCUT2D eigenvalue weighted by molar-refractivity contribution is 0.265. The van der Waals surface area contributed by atoms with Gasteiger partial charge in [-0.15, -0.1) is 0 Å². The number of rotatable bonds is 2. The monoisotopic (exact) mass is 183 g/mol. The summed E-state index contributed by atoms with van der Waals surface area (Å²) in [4.78, 5) is 0. The molecule has 0 radical (unpaired) electrons. The number of phenolic OH excluding ortho intramolecular Hbond substituents is 2. The van der Waals surface area contributed by atoms with Crippen molar-refractivity contribution in [2.45, 2.75) is 13.0 Å². The van der Waals surface area contributed by atoms with Gasteiger partial charge in [-0.3, -0.25) is 0 Å². The molecule has 0 aliphatic rings. The summed E-state index contributed by atoms with van der Waals surface area (Å²) in [5.74, 6) is 0.0635. The molecule has 0 heterocycles. The highest BCUT2D eigenvalue weighted by molar-refractivity contribution is 5.45. The van der Waals surface area contributed by atoms with E-state index in [1.54, 1.807) is 6.92 Å². The smallest absolute Gasteiger partial charge is 0.120 e. The van der Waals surface area contributed by atoms with Gasteiger partial charge in [0.25, 0.3) is 0 Å². The molecule has 4 nitrogen and oxygen atoms in total. The van der Waals surface area contributed by atoms with Crippen LogP contribution in [0.25, 0.3) is 0 Å². The van der Waals surface area contributed by atoms with E-state index in [1.165, 1.54) is 12.1 Å². The average Bonchev–Trinajstić information content (AvgIpc) is 2.10. The summed E-state index contributed by atoms with van der Waals surface area (Å²) in [7, 11) is 0. The molecule has 0 saturated heterocycles. The van der Waals surface area contributed by atoms with Crippen LogP contribution in [0.3, 0.4) is 0 Å². The van der Waals surface area contributed by atoms with E-state index >= 15 is 0 Å². The summed E-state index contributed by atoms with van der Waals surface area (Å²) < 4.78 is 0. The highest BCUT2D eigenvalue weighted by Crippen LogP contribution is 2.29. The predicted octanol–water partition coefficient (Wildman–Crippen LogP) is 0.398. The minimum Gasteiger partial charge on any atom is -0.508 e. The number of aliphatic hydroxyl groups is 1. The summed E-state index contributed by atoms with van der Waals surface area (Å²) in [6.45, 7) is 1.40. The van der Waals surface area contributed by atoms with Crippen LogP contribution in [-0.4, -0.2) is 21.9 Å². The van der Waals surface area contributed by atoms with Gasteiger partial charge in [-0.25, -0.2) is 0 Å². The molecular weight excluding hydrogens is 170 g/mol. The van der Waals surface area contributed by atoms with Crippen LogP contribution in [0.4, 0.5) is 0 Å². The third kappa shape index (κ3) is 1.91. The van der Waals surface area contributed by atoms with Crippen molar-refractivity contribution >= 4 is 0 Å². The number of aryl methyl sites for hydroxylation is 1. The molecular formula is C9H13NO3. The molecule has 0 amide bonds.